The minimum Gasteiger partial charge on any atom is -0.324 e. The summed E-state index contributed by atoms with van der Waals surface area (Å²) in [5.41, 5.74) is 0. The molecule has 0 aliphatic heterocycles. The predicted molar refractivity (Wildman–Crippen MR) is 40.0 cm³/mol. The van der Waals surface area contributed by atoms with Crippen molar-refractivity contribution >= 4 is 35.5 Å². The molecule has 1 N–H and O–H groups in total. The second-order valence-electron chi connectivity index (χ2n) is 1.47. The Morgan fingerprint density at radius 3 is 2.67 bits per heavy atom. The molecule has 0 saturated heterocycles. The van der Waals surface area contributed by atoms with Gasteiger partial charge in [-0.25, -0.2) is 3.62 Å². The third-order valence-corrected chi connectivity index (χ3v) is 3.40. The van der Waals surface area contributed by atoms with Crippen LogP contribution in [0.25, 0.3) is 0 Å². The molecule has 0 aliphatic rings. The van der Waals surface area contributed by atoms with Crippen LogP contribution in [0.15, 0.2) is 0 Å². The lowest BCUT2D eigenvalue weighted by atomic mass is 10.6. The standard InChI is InChI=1S/C3H7BrClO3P/c4-8-9(6,7)3-1-2-5/h1-3H2,(H,6,7). The number of alkyl halides is 1. The van der Waals surface area contributed by atoms with Gasteiger partial charge in [0.25, 0.3) is 0 Å². The minimum atomic E-state index is -3.36. The monoisotopic (exact) mass is 236 g/mol. The van der Waals surface area contributed by atoms with Crippen molar-refractivity contribution in [2.24, 2.45) is 0 Å². The molecule has 0 aromatic rings. The Balaban J connectivity index is 3.46. The van der Waals surface area contributed by atoms with Crippen molar-refractivity contribution in [3.8, 4) is 0 Å². The van der Waals surface area contributed by atoms with Gasteiger partial charge in [0, 0.05) is 5.88 Å². The van der Waals surface area contributed by atoms with Crippen LogP contribution in [0.1, 0.15) is 6.42 Å². The zero-order valence-corrected chi connectivity index (χ0v) is 7.82. The molecule has 0 spiro atoms. The van der Waals surface area contributed by atoms with E-state index in [4.69, 9.17) is 16.5 Å². The van der Waals surface area contributed by atoms with Gasteiger partial charge in [-0.3, -0.25) is 4.57 Å². The van der Waals surface area contributed by atoms with Crippen molar-refractivity contribution in [3.05, 3.63) is 0 Å². The van der Waals surface area contributed by atoms with Crippen LogP contribution in [-0.2, 0) is 8.18 Å². The van der Waals surface area contributed by atoms with Gasteiger partial charge >= 0.3 is 7.60 Å². The van der Waals surface area contributed by atoms with Crippen LogP contribution in [0, 0.1) is 0 Å². The Bertz CT molecular complexity index is 120. The Labute approximate surface area is 67.3 Å². The van der Waals surface area contributed by atoms with Crippen molar-refractivity contribution in [3.63, 3.8) is 0 Å². The topological polar surface area (TPSA) is 46.5 Å². The number of hydrogen-bond donors (Lipinski definition) is 1. The first-order valence-electron chi connectivity index (χ1n) is 2.30. The molecular weight excluding hydrogens is 230 g/mol. The minimum absolute atomic E-state index is 0.0990. The molecule has 3 nitrogen and oxygen atoms in total. The van der Waals surface area contributed by atoms with Gasteiger partial charge in [0.1, 0.15) is 16.3 Å². The summed E-state index contributed by atoms with van der Waals surface area (Å²) < 4.78 is 14.7. The summed E-state index contributed by atoms with van der Waals surface area (Å²) in [4.78, 5) is 8.68. The van der Waals surface area contributed by atoms with Crippen LogP contribution < -0.4 is 0 Å². The van der Waals surface area contributed by atoms with Crippen LogP contribution in [0.2, 0.25) is 0 Å². The van der Waals surface area contributed by atoms with Crippen LogP contribution >= 0.6 is 35.5 Å². The summed E-state index contributed by atoms with van der Waals surface area (Å²) in [5, 5.41) is 0. The molecule has 1 unspecified atom stereocenters. The van der Waals surface area contributed by atoms with E-state index in [1.807, 2.05) is 0 Å². The second-order valence-corrected chi connectivity index (χ2v) is 4.58. The Hall–Kier alpha value is 0.920. The van der Waals surface area contributed by atoms with Gasteiger partial charge < -0.3 is 4.89 Å². The van der Waals surface area contributed by atoms with Gasteiger partial charge in [0.15, 0.2) is 0 Å². The summed E-state index contributed by atoms with van der Waals surface area (Å²) in [6.45, 7) is 0. The Morgan fingerprint density at radius 2 is 2.33 bits per heavy atom. The first-order valence-corrected chi connectivity index (χ1v) is 5.25. The molecule has 0 saturated carbocycles. The fourth-order valence-electron chi connectivity index (χ4n) is 0.294. The molecule has 9 heavy (non-hydrogen) atoms. The van der Waals surface area contributed by atoms with Crippen molar-refractivity contribution in [2.45, 2.75) is 6.42 Å². The van der Waals surface area contributed by atoms with E-state index in [1.165, 1.54) is 0 Å². The highest BCUT2D eigenvalue weighted by molar-refractivity contribution is 9.06. The quantitative estimate of drug-likeness (QED) is 0.602. The zero-order chi connectivity index (χ0) is 7.33. The highest BCUT2D eigenvalue weighted by Gasteiger charge is 2.16. The van der Waals surface area contributed by atoms with Gasteiger partial charge in [-0.05, 0) is 6.42 Å². The summed E-state index contributed by atoms with van der Waals surface area (Å²) in [6.07, 6.45) is 0.586. The highest BCUT2D eigenvalue weighted by atomic mass is 79.9. The highest BCUT2D eigenvalue weighted by Crippen LogP contribution is 2.44. The summed E-state index contributed by atoms with van der Waals surface area (Å²) in [6, 6.07) is 0. The fourth-order valence-corrected chi connectivity index (χ4v) is 1.68. The van der Waals surface area contributed by atoms with Gasteiger partial charge in [-0.15, -0.1) is 11.6 Å². The van der Waals surface area contributed by atoms with Crippen LogP contribution in [-0.4, -0.2) is 16.9 Å². The van der Waals surface area contributed by atoms with Crippen LogP contribution in [0.4, 0.5) is 0 Å². The average Bonchev–Trinajstić information content (AvgIpc) is 1.84. The number of rotatable bonds is 4. The molecule has 0 bridgehead atoms. The molecule has 0 aromatic heterocycles. The van der Waals surface area contributed by atoms with E-state index in [1.54, 1.807) is 0 Å². The first-order chi connectivity index (χ1) is 4.12. The molecule has 0 rings (SSSR count). The molecule has 0 radical (unpaired) electrons. The van der Waals surface area contributed by atoms with Crippen LogP contribution in [0.3, 0.4) is 0 Å². The van der Waals surface area contributed by atoms with Crippen LogP contribution in [0.5, 0.6) is 0 Å². The first kappa shape index (κ1) is 9.92. The van der Waals surface area contributed by atoms with E-state index < -0.39 is 7.60 Å². The molecule has 0 fully saturated rings. The SMILES string of the molecule is O=P(O)(CCCCl)OBr. The molecule has 0 aromatic carbocycles. The predicted octanol–water partition coefficient (Wildman–Crippen LogP) is 2.13. The number of hydrogen-bond acceptors (Lipinski definition) is 2. The molecular formula is C3H7BrClO3P. The second kappa shape index (κ2) is 4.69. The number of halogens is 2. The summed E-state index contributed by atoms with van der Waals surface area (Å²) in [7, 11) is -3.36. The smallest absolute Gasteiger partial charge is 0.324 e. The molecule has 0 amide bonds. The van der Waals surface area contributed by atoms with E-state index in [0.29, 0.717) is 12.3 Å². The van der Waals surface area contributed by atoms with Gasteiger partial charge in [-0.1, -0.05) is 0 Å². The van der Waals surface area contributed by atoms with Crippen molar-refractivity contribution in [1.82, 2.24) is 0 Å². The molecule has 56 valence electrons. The zero-order valence-electron chi connectivity index (χ0n) is 4.59. The van der Waals surface area contributed by atoms with E-state index in [9.17, 15) is 4.57 Å². The lowest BCUT2D eigenvalue weighted by Crippen LogP contribution is -1.88. The van der Waals surface area contributed by atoms with Crippen molar-refractivity contribution in [1.29, 1.82) is 0 Å². The summed E-state index contributed by atoms with van der Waals surface area (Å²) in [5.74, 6) is 0.376. The average molecular weight is 237 g/mol. The largest absolute Gasteiger partial charge is 0.339 e. The molecule has 6 heteroatoms. The maximum Gasteiger partial charge on any atom is 0.339 e. The lowest BCUT2D eigenvalue weighted by molar-refractivity contribution is 0.407. The molecule has 0 heterocycles. The van der Waals surface area contributed by atoms with Gasteiger partial charge in [-0.2, -0.15) is 0 Å². The van der Waals surface area contributed by atoms with E-state index in [2.05, 4.69) is 19.9 Å². The van der Waals surface area contributed by atoms with Crippen molar-refractivity contribution in [2.75, 3.05) is 12.0 Å². The normalized spacial score (nSPS) is 17.2. The molecule has 1 atom stereocenters. The summed E-state index contributed by atoms with van der Waals surface area (Å²) >= 11 is 7.71. The van der Waals surface area contributed by atoms with E-state index >= 15 is 0 Å². The Morgan fingerprint density at radius 1 is 1.78 bits per heavy atom. The fraction of sp³-hybridized carbons (Fsp3) is 1.00. The lowest BCUT2D eigenvalue weighted by Gasteiger charge is -2.03. The maximum atomic E-state index is 10.6. The Kier molecular flexibility index (Phi) is 5.17. The van der Waals surface area contributed by atoms with Crippen molar-refractivity contribution < 1.29 is 13.1 Å². The third kappa shape index (κ3) is 5.37. The van der Waals surface area contributed by atoms with E-state index in [0.717, 1.165) is 0 Å². The molecule has 0 aliphatic carbocycles. The third-order valence-electron chi connectivity index (χ3n) is 0.682. The van der Waals surface area contributed by atoms with E-state index in [-0.39, 0.29) is 6.16 Å². The maximum absolute atomic E-state index is 10.6. The van der Waals surface area contributed by atoms with Gasteiger partial charge in [0.05, 0.1) is 6.16 Å². The van der Waals surface area contributed by atoms with Gasteiger partial charge in [0.2, 0.25) is 0 Å².